The summed E-state index contributed by atoms with van der Waals surface area (Å²) >= 11 is 1.61. The fourth-order valence-electron chi connectivity index (χ4n) is 3.64. The standard InChI is InChI=1S/C21H20N4O2S/c26-13-15-1-2-18(28-15)17-11-19(25-7-9-27-10-8-25)24-21-16(17)4-6-23-20(21)14-3-5-22-12-14/h1-6,11,26H,7-10,12-13H2. The fourth-order valence-corrected chi connectivity index (χ4v) is 4.54. The van der Waals surface area contributed by atoms with Gasteiger partial charge >= 0.3 is 0 Å². The third-order valence-corrected chi connectivity index (χ3v) is 6.18. The van der Waals surface area contributed by atoms with Crippen molar-refractivity contribution < 1.29 is 9.84 Å². The van der Waals surface area contributed by atoms with Crippen LogP contribution in [0.1, 0.15) is 10.6 Å². The largest absolute Gasteiger partial charge is 0.391 e. The minimum Gasteiger partial charge on any atom is -0.391 e. The van der Waals surface area contributed by atoms with Gasteiger partial charge < -0.3 is 14.7 Å². The van der Waals surface area contributed by atoms with Crippen LogP contribution < -0.4 is 4.90 Å². The average molecular weight is 392 g/mol. The number of thiophene rings is 1. The van der Waals surface area contributed by atoms with Crippen LogP contribution in [0, 0.1) is 0 Å². The number of fused-ring (bicyclic) bond motifs is 1. The lowest BCUT2D eigenvalue weighted by Gasteiger charge is -2.28. The lowest BCUT2D eigenvalue weighted by Crippen LogP contribution is -2.36. The summed E-state index contributed by atoms with van der Waals surface area (Å²) in [5.41, 5.74) is 4.01. The summed E-state index contributed by atoms with van der Waals surface area (Å²) in [6.07, 6.45) is 5.69. The molecule has 28 heavy (non-hydrogen) atoms. The third kappa shape index (κ3) is 3.11. The first-order valence-corrected chi connectivity index (χ1v) is 10.2. The molecule has 0 spiro atoms. The maximum Gasteiger partial charge on any atom is 0.130 e. The first-order chi connectivity index (χ1) is 13.8. The quantitative estimate of drug-likeness (QED) is 0.739. The molecule has 0 saturated carbocycles. The van der Waals surface area contributed by atoms with E-state index in [1.165, 1.54) is 0 Å². The molecule has 7 heteroatoms. The molecule has 0 radical (unpaired) electrons. The molecule has 2 aliphatic rings. The summed E-state index contributed by atoms with van der Waals surface area (Å²) in [5.74, 6) is 0.943. The van der Waals surface area contributed by atoms with Gasteiger partial charge in [0.1, 0.15) is 5.82 Å². The van der Waals surface area contributed by atoms with Crippen molar-refractivity contribution >= 4 is 39.8 Å². The van der Waals surface area contributed by atoms with Gasteiger partial charge in [-0.15, -0.1) is 11.3 Å². The number of aliphatic imine (C=N–C) groups is 1. The Kier molecular flexibility index (Phi) is 4.64. The van der Waals surface area contributed by atoms with Gasteiger partial charge in [0.25, 0.3) is 0 Å². The van der Waals surface area contributed by atoms with Crippen LogP contribution in [0.4, 0.5) is 5.82 Å². The Balaban J connectivity index is 1.73. The van der Waals surface area contributed by atoms with E-state index in [-0.39, 0.29) is 6.61 Å². The predicted molar refractivity (Wildman–Crippen MR) is 113 cm³/mol. The van der Waals surface area contributed by atoms with Crippen LogP contribution in [0.15, 0.2) is 41.5 Å². The van der Waals surface area contributed by atoms with E-state index in [9.17, 15) is 5.11 Å². The number of anilines is 1. The number of nitrogens with zero attached hydrogens (tertiary/aromatic N) is 4. The molecule has 0 aromatic carbocycles. The normalized spacial score (nSPS) is 16.8. The molecule has 0 amide bonds. The Morgan fingerprint density at radius 3 is 2.82 bits per heavy atom. The van der Waals surface area contributed by atoms with E-state index in [0.29, 0.717) is 19.8 Å². The van der Waals surface area contributed by atoms with Gasteiger partial charge in [-0.3, -0.25) is 9.98 Å². The van der Waals surface area contributed by atoms with E-state index in [0.717, 1.165) is 56.4 Å². The molecule has 0 atom stereocenters. The molecule has 142 valence electrons. The number of allylic oxidation sites excluding steroid dienone is 1. The Hall–Kier alpha value is -2.61. The second kappa shape index (κ2) is 7.43. The van der Waals surface area contributed by atoms with Crippen molar-refractivity contribution in [3.63, 3.8) is 0 Å². The number of pyridine rings is 2. The summed E-state index contributed by atoms with van der Waals surface area (Å²) in [6.45, 7) is 3.76. The average Bonchev–Trinajstić information content (AvgIpc) is 3.45. The second-order valence-corrected chi connectivity index (χ2v) is 7.96. The minimum atomic E-state index is 0.0566. The molecule has 5 heterocycles. The number of hydrogen-bond acceptors (Lipinski definition) is 7. The highest BCUT2D eigenvalue weighted by Crippen LogP contribution is 2.37. The summed E-state index contributed by atoms with van der Waals surface area (Å²) in [6, 6.07) is 8.24. The number of aromatic nitrogens is 2. The number of aliphatic hydroxyl groups is 1. The smallest absolute Gasteiger partial charge is 0.130 e. The van der Waals surface area contributed by atoms with Crippen LogP contribution >= 0.6 is 11.3 Å². The minimum absolute atomic E-state index is 0.0566. The number of hydrogen-bond donors (Lipinski definition) is 1. The van der Waals surface area contributed by atoms with E-state index < -0.39 is 0 Å². The van der Waals surface area contributed by atoms with Crippen LogP contribution in [0.3, 0.4) is 0 Å². The van der Waals surface area contributed by atoms with Crippen LogP contribution in [-0.2, 0) is 11.3 Å². The summed E-state index contributed by atoms with van der Waals surface area (Å²) < 4.78 is 5.51. The van der Waals surface area contributed by atoms with Gasteiger partial charge in [-0.05, 0) is 30.3 Å². The van der Waals surface area contributed by atoms with Gasteiger partial charge in [0, 0.05) is 51.8 Å². The van der Waals surface area contributed by atoms with Gasteiger partial charge in [-0.25, -0.2) is 4.98 Å². The molecule has 1 fully saturated rings. The molecule has 6 nitrogen and oxygen atoms in total. The number of aliphatic hydroxyl groups excluding tert-OH is 1. The monoisotopic (exact) mass is 392 g/mol. The first-order valence-electron chi connectivity index (χ1n) is 9.35. The highest BCUT2D eigenvalue weighted by atomic mass is 32.1. The number of morpholine rings is 1. The summed E-state index contributed by atoms with van der Waals surface area (Å²) in [4.78, 5) is 18.3. The molecule has 0 unspecified atom stereocenters. The van der Waals surface area contributed by atoms with Gasteiger partial charge in [-0.1, -0.05) is 0 Å². The molecule has 0 bridgehead atoms. The zero-order chi connectivity index (χ0) is 18.9. The maximum absolute atomic E-state index is 9.50. The van der Waals surface area contributed by atoms with Gasteiger partial charge in [0.15, 0.2) is 0 Å². The molecule has 1 saturated heterocycles. The van der Waals surface area contributed by atoms with E-state index in [2.05, 4.69) is 27.0 Å². The molecule has 0 aliphatic carbocycles. The van der Waals surface area contributed by atoms with E-state index in [1.54, 1.807) is 11.3 Å². The SMILES string of the molecule is OCc1ccc(-c2cc(N3CCOCC3)nc3c(C4=CC=NC4)nccc23)s1. The first kappa shape index (κ1) is 17.5. The highest BCUT2D eigenvalue weighted by molar-refractivity contribution is 7.15. The highest BCUT2D eigenvalue weighted by Gasteiger charge is 2.20. The van der Waals surface area contributed by atoms with Crippen molar-refractivity contribution in [2.75, 3.05) is 37.7 Å². The van der Waals surface area contributed by atoms with Crippen LogP contribution in [0.25, 0.3) is 26.9 Å². The summed E-state index contributed by atoms with van der Waals surface area (Å²) in [7, 11) is 0. The van der Waals surface area contributed by atoms with Crippen molar-refractivity contribution in [3.8, 4) is 10.4 Å². The van der Waals surface area contributed by atoms with Gasteiger partial charge in [0.2, 0.25) is 0 Å². The fraction of sp³-hybridized carbons (Fsp3) is 0.286. The zero-order valence-corrected chi connectivity index (χ0v) is 16.2. The van der Waals surface area contributed by atoms with E-state index in [4.69, 9.17) is 9.72 Å². The molecule has 3 aromatic heterocycles. The van der Waals surface area contributed by atoms with Crippen molar-refractivity contribution in [1.29, 1.82) is 0 Å². The van der Waals surface area contributed by atoms with Crippen molar-refractivity contribution in [3.05, 3.63) is 47.1 Å². The van der Waals surface area contributed by atoms with Gasteiger partial charge in [0.05, 0.1) is 37.6 Å². The van der Waals surface area contributed by atoms with Crippen LogP contribution in [-0.4, -0.2) is 54.1 Å². The second-order valence-electron chi connectivity index (χ2n) is 6.79. The van der Waals surface area contributed by atoms with Crippen molar-refractivity contribution in [2.45, 2.75) is 6.61 Å². The van der Waals surface area contributed by atoms with E-state index in [1.807, 2.05) is 30.6 Å². The molecular weight excluding hydrogens is 372 g/mol. The molecule has 1 N–H and O–H groups in total. The molecule has 5 rings (SSSR count). The Labute approximate surface area is 166 Å². The van der Waals surface area contributed by atoms with Gasteiger partial charge in [-0.2, -0.15) is 0 Å². The van der Waals surface area contributed by atoms with Crippen molar-refractivity contribution in [1.82, 2.24) is 9.97 Å². The zero-order valence-electron chi connectivity index (χ0n) is 15.3. The predicted octanol–water partition coefficient (Wildman–Crippen LogP) is 3.16. The molecule has 3 aromatic rings. The van der Waals surface area contributed by atoms with Crippen LogP contribution in [0.5, 0.6) is 0 Å². The number of ether oxygens (including phenoxy) is 1. The van der Waals surface area contributed by atoms with Crippen molar-refractivity contribution in [2.24, 2.45) is 4.99 Å². The topological polar surface area (TPSA) is 70.8 Å². The lowest BCUT2D eigenvalue weighted by molar-refractivity contribution is 0.122. The molecule has 2 aliphatic heterocycles. The Morgan fingerprint density at radius 2 is 2.07 bits per heavy atom. The van der Waals surface area contributed by atoms with Crippen LogP contribution in [0.2, 0.25) is 0 Å². The Bertz CT molecular complexity index is 1080. The third-order valence-electron chi connectivity index (χ3n) is 5.08. The Morgan fingerprint density at radius 1 is 1.18 bits per heavy atom. The lowest BCUT2D eigenvalue weighted by atomic mass is 10.0. The number of rotatable bonds is 4. The molecular formula is C21H20N4O2S. The summed E-state index contributed by atoms with van der Waals surface area (Å²) in [5, 5.41) is 10.6. The van der Waals surface area contributed by atoms with E-state index >= 15 is 0 Å². The maximum atomic E-state index is 9.50.